The molecule has 1 aliphatic rings. The molecule has 0 bridgehead atoms. The molecule has 0 radical (unpaired) electrons. The third kappa shape index (κ3) is 3.63. The number of rotatable bonds is 4. The number of nitrogens with one attached hydrogen (secondary N) is 2. The first-order valence-electron chi connectivity index (χ1n) is 6.82. The Morgan fingerprint density at radius 3 is 2.71 bits per heavy atom. The molecule has 0 saturated heterocycles. The smallest absolute Gasteiger partial charge is 0.251 e. The number of amides is 2. The van der Waals surface area contributed by atoms with E-state index in [9.17, 15) is 14.7 Å². The summed E-state index contributed by atoms with van der Waals surface area (Å²) < 4.78 is 0.810. The Morgan fingerprint density at radius 2 is 2.14 bits per heavy atom. The lowest BCUT2D eigenvalue weighted by atomic mass is 9.64. The van der Waals surface area contributed by atoms with E-state index in [0.717, 1.165) is 4.47 Å². The molecule has 0 aromatic heterocycles. The molecular weight excluding hydrogens is 336 g/mol. The lowest BCUT2D eigenvalue weighted by molar-refractivity contribution is -0.128. The molecule has 2 amide bonds. The number of carbonyl (C=O) groups is 2. The van der Waals surface area contributed by atoms with Crippen molar-refractivity contribution in [2.75, 3.05) is 6.54 Å². The molecular formula is C15H19BrN2O3. The summed E-state index contributed by atoms with van der Waals surface area (Å²) in [5.41, 5.74) is 0.181. The van der Waals surface area contributed by atoms with E-state index in [1.165, 1.54) is 0 Å². The van der Waals surface area contributed by atoms with Gasteiger partial charge in [-0.3, -0.25) is 9.59 Å². The topological polar surface area (TPSA) is 78.4 Å². The molecule has 5 nitrogen and oxygen atoms in total. The Hall–Kier alpha value is -1.40. The second kappa shape index (κ2) is 6.15. The molecule has 0 aliphatic heterocycles. The summed E-state index contributed by atoms with van der Waals surface area (Å²) in [5, 5.41) is 15.0. The van der Waals surface area contributed by atoms with Crippen molar-refractivity contribution < 1.29 is 14.7 Å². The van der Waals surface area contributed by atoms with Crippen LogP contribution in [-0.4, -0.2) is 35.6 Å². The van der Waals surface area contributed by atoms with Gasteiger partial charge < -0.3 is 15.7 Å². The van der Waals surface area contributed by atoms with Crippen LogP contribution in [0.5, 0.6) is 0 Å². The van der Waals surface area contributed by atoms with Gasteiger partial charge >= 0.3 is 0 Å². The Morgan fingerprint density at radius 1 is 1.43 bits per heavy atom. The van der Waals surface area contributed by atoms with Gasteiger partial charge in [0.15, 0.2) is 0 Å². The quantitative estimate of drug-likeness (QED) is 0.765. The lowest BCUT2D eigenvalue weighted by Crippen LogP contribution is -2.62. The van der Waals surface area contributed by atoms with Gasteiger partial charge in [0.05, 0.1) is 12.6 Å². The van der Waals surface area contributed by atoms with Crippen LogP contribution in [0.15, 0.2) is 28.7 Å². The fourth-order valence-electron chi connectivity index (χ4n) is 2.29. The van der Waals surface area contributed by atoms with E-state index in [1.807, 2.05) is 19.9 Å². The van der Waals surface area contributed by atoms with Crippen molar-refractivity contribution in [3.8, 4) is 0 Å². The van der Waals surface area contributed by atoms with Crippen molar-refractivity contribution in [2.24, 2.45) is 5.41 Å². The minimum Gasteiger partial charge on any atom is -0.392 e. The molecule has 3 N–H and O–H groups in total. The predicted molar refractivity (Wildman–Crippen MR) is 82.8 cm³/mol. The van der Waals surface area contributed by atoms with Gasteiger partial charge in [-0.1, -0.05) is 35.8 Å². The van der Waals surface area contributed by atoms with Gasteiger partial charge in [-0.2, -0.15) is 0 Å². The summed E-state index contributed by atoms with van der Waals surface area (Å²) >= 11 is 3.30. The van der Waals surface area contributed by atoms with Gasteiger partial charge in [-0.25, -0.2) is 0 Å². The van der Waals surface area contributed by atoms with Crippen LogP contribution >= 0.6 is 15.9 Å². The van der Waals surface area contributed by atoms with Gasteiger partial charge in [0.1, 0.15) is 0 Å². The lowest BCUT2D eigenvalue weighted by Gasteiger charge is -2.49. The maximum atomic E-state index is 11.9. The third-order valence-electron chi connectivity index (χ3n) is 4.05. The van der Waals surface area contributed by atoms with Gasteiger partial charge in [0, 0.05) is 21.5 Å². The van der Waals surface area contributed by atoms with E-state index < -0.39 is 0 Å². The van der Waals surface area contributed by atoms with E-state index in [1.54, 1.807) is 18.2 Å². The molecule has 114 valence electrons. The zero-order chi connectivity index (χ0) is 15.6. The molecule has 1 saturated carbocycles. The predicted octanol–water partition coefficient (Wildman–Crippen LogP) is 1.45. The molecule has 2 unspecified atom stereocenters. The Balaban J connectivity index is 1.81. The highest BCUT2D eigenvalue weighted by molar-refractivity contribution is 9.10. The molecule has 1 aliphatic carbocycles. The van der Waals surface area contributed by atoms with Crippen LogP contribution in [0, 0.1) is 5.41 Å². The summed E-state index contributed by atoms with van der Waals surface area (Å²) in [6.45, 7) is 3.74. The average molecular weight is 355 g/mol. The number of carbonyl (C=O) groups excluding carboxylic acids is 2. The van der Waals surface area contributed by atoms with Crippen LogP contribution in [0.4, 0.5) is 0 Å². The van der Waals surface area contributed by atoms with Crippen LogP contribution in [0.25, 0.3) is 0 Å². The van der Waals surface area contributed by atoms with E-state index in [0.29, 0.717) is 12.0 Å². The Bertz CT molecular complexity index is 560. The van der Waals surface area contributed by atoms with Gasteiger partial charge in [-0.05, 0) is 24.6 Å². The molecule has 21 heavy (non-hydrogen) atoms. The maximum Gasteiger partial charge on any atom is 0.251 e. The minimum atomic E-state index is -0.390. The van der Waals surface area contributed by atoms with Gasteiger partial charge in [-0.15, -0.1) is 0 Å². The van der Waals surface area contributed by atoms with Crippen molar-refractivity contribution in [2.45, 2.75) is 32.4 Å². The monoisotopic (exact) mass is 354 g/mol. The van der Waals surface area contributed by atoms with Crippen LogP contribution < -0.4 is 10.6 Å². The van der Waals surface area contributed by atoms with Gasteiger partial charge in [0.25, 0.3) is 5.91 Å². The van der Waals surface area contributed by atoms with E-state index in [-0.39, 0.29) is 35.9 Å². The van der Waals surface area contributed by atoms with Crippen LogP contribution in [0.2, 0.25) is 0 Å². The number of aliphatic hydroxyl groups is 1. The standard InChI is InChI=1S/C15H19BrN2O3/c1-15(2)11(7-12(15)19)18-13(20)8-17-14(21)9-4-3-5-10(16)6-9/h3-6,11-12,19H,7-8H2,1-2H3,(H,17,21)(H,18,20). The molecule has 1 fully saturated rings. The first-order valence-corrected chi connectivity index (χ1v) is 7.61. The van der Waals surface area contributed by atoms with Crippen molar-refractivity contribution >= 4 is 27.7 Å². The molecule has 1 aromatic rings. The molecule has 1 aromatic carbocycles. The molecule has 0 heterocycles. The van der Waals surface area contributed by atoms with Crippen LogP contribution in [-0.2, 0) is 4.79 Å². The minimum absolute atomic E-state index is 0.0530. The number of halogens is 1. The van der Waals surface area contributed by atoms with E-state index in [4.69, 9.17) is 0 Å². The zero-order valence-electron chi connectivity index (χ0n) is 12.0. The number of hydrogen-bond donors (Lipinski definition) is 3. The summed E-state index contributed by atoms with van der Waals surface area (Å²) in [6, 6.07) is 6.91. The largest absolute Gasteiger partial charge is 0.392 e. The third-order valence-corrected chi connectivity index (χ3v) is 4.54. The Kier molecular flexibility index (Phi) is 4.68. The summed E-state index contributed by atoms with van der Waals surface area (Å²) in [7, 11) is 0. The molecule has 2 atom stereocenters. The van der Waals surface area contributed by atoms with Crippen molar-refractivity contribution in [3.63, 3.8) is 0 Å². The zero-order valence-corrected chi connectivity index (χ0v) is 13.6. The summed E-state index contributed by atoms with van der Waals surface area (Å²) in [5.74, 6) is -0.539. The first kappa shape index (κ1) is 16.0. The van der Waals surface area contributed by atoms with Crippen molar-refractivity contribution in [3.05, 3.63) is 34.3 Å². The second-order valence-electron chi connectivity index (χ2n) is 5.89. The van der Waals surface area contributed by atoms with Crippen molar-refractivity contribution in [1.29, 1.82) is 0 Å². The second-order valence-corrected chi connectivity index (χ2v) is 6.80. The first-order chi connectivity index (χ1) is 9.80. The van der Waals surface area contributed by atoms with E-state index >= 15 is 0 Å². The Labute approximate surface area is 132 Å². The van der Waals surface area contributed by atoms with Gasteiger partial charge in [0.2, 0.25) is 5.91 Å². The number of aliphatic hydroxyl groups excluding tert-OH is 1. The van der Waals surface area contributed by atoms with Crippen LogP contribution in [0.1, 0.15) is 30.6 Å². The fraction of sp³-hybridized carbons (Fsp3) is 0.467. The van der Waals surface area contributed by atoms with Crippen LogP contribution in [0.3, 0.4) is 0 Å². The summed E-state index contributed by atoms with van der Waals surface area (Å²) in [6.07, 6.45) is 0.164. The highest BCUT2D eigenvalue weighted by atomic mass is 79.9. The average Bonchev–Trinajstić information content (AvgIpc) is 2.44. The fourth-order valence-corrected chi connectivity index (χ4v) is 2.68. The number of benzene rings is 1. The number of hydrogen-bond acceptors (Lipinski definition) is 3. The molecule has 6 heteroatoms. The molecule has 0 spiro atoms. The van der Waals surface area contributed by atoms with E-state index in [2.05, 4.69) is 26.6 Å². The highest BCUT2D eigenvalue weighted by Crippen LogP contribution is 2.40. The molecule has 2 rings (SSSR count). The van der Waals surface area contributed by atoms with Crippen molar-refractivity contribution in [1.82, 2.24) is 10.6 Å². The maximum absolute atomic E-state index is 11.9. The highest BCUT2D eigenvalue weighted by Gasteiger charge is 2.47. The normalized spacial score (nSPS) is 23.0. The summed E-state index contributed by atoms with van der Waals surface area (Å²) in [4.78, 5) is 23.7. The SMILES string of the molecule is CC1(C)C(O)CC1NC(=O)CNC(=O)c1cccc(Br)c1.